The predicted octanol–water partition coefficient (Wildman–Crippen LogP) is 4.30. The van der Waals surface area contributed by atoms with Crippen LogP contribution in [0.2, 0.25) is 0 Å². The van der Waals surface area contributed by atoms with E-state index in [9.17, 15) is 27.4 Å². The minimum absolute atomic E-state index is 0. The van der Waals surface area contributed by atoms with Crippen LogP contribution in [-0.4, -0.2) is 59.7 Å². The molecular formula is C39H41N6NaO6S2. The number of methoxy groups -OCH3 is 2. The zero-order valence-electron chi connectivity index (χ0n) is 32.5. The van der Waals surface area contributed by atoms with Crippen molar-refractivity contribution >= 4 is 53.2 Å². The van der Waals surface area contributed by atoms with Crippen molar-refractivity contribution in [2.24, 2.45) is 0 Å². The number of aryl methyl sites for hydroxylation is 2. The maximum Gasteiger partial charge on any atom is 1.00 e. The fourth-order valence-electron chi connectivity index (χ4n) is 6.33. The van der Waals surface area contributed by atoms with Gasteiger partial charge in [-0.2, -0.15) is 10.5 Å². The Bertz CT molecular complexity index is 2630. The van der Waals surface area contributed by atoms with Crippen LogP contribution >= 0.6 is 0 Å². The van der Waals surface area contributed by atoms with Crippen LogP contribution in [-0.2, 0) is 33.1 Å². The van der Waals surface area contributed by atoms with Gasteiger partial charge in [0, 0.05) is 48.7 Å². The van der Waals surface area contributed by atoms with Crippen LogP contribution in [0.5, 0.6) is 11.5 Å². The third-order valence-electron chi connectivity index (χ3n) is 8.86. The molecule has 0 aliphatic carbocycles. The van der Waals surface area contributed by atoms with Crippen molar-refractivity contribution in [3.05, 3.63) is 96.1 Å². The number of hydrogen-bond acceptors (Lipinski definition) is 8. The predicted molar refractivity (Wildman–Crippen MR) is 211 cm³/mol. The van der Waals surface area contributed by atoms with E-state index in [0.29, 0.717) is 35.6 Å². The third kappa shape index (κ3) is 8.54. The maximum absolute atomic E-state index is 11.7. The second-order valence-corrected chi connectivity index (χ2v) is 15.9. The van der Waals surface area contributed by atoms with Gasteiger partial charge in [-0.15, -0.1) is 0 Å². The molecule has 0 atom stereocenters. The topological polar surface area (TPSA) is 159 Å². The summed E-state index contributed by atoms with van der Waals surface area (Å²) in [6.07, 6.45) is 2.27. The Morgan fingerprint density at radius 3 is 1.44 bits per heavy atom. The van der Waals surface area contributed by atoms with Gasteiger partial charge in [0.15, 0.2) is 0 Å². The van der Waals surface area contributed by atoms with Gasteiger partial charge in [0.1, 0.15) is 23.6 Å². The number of fused-ring (bicyclic) bond motifs is 2. The molecule has 0 amide bonds. The molecule has 54 heavy (non-hydrogen) atoms. The smallest absolute Gasteiger partial charge is 1.00 e. The second kappa shape index (κ2) is 17.0. The third-order valence-corrected chi connectivity index (χ3v) is 10.7. The Balaban J connectivity index is 0.000000285. The van der Waals surface area contributed by atoms with Crippen LogP contribution < -0.4 is 48.1 Å². The number of hydrogen-bond donors (Lipinski definition) is 1. The Kier molecular flexibility index (Phi) is 13.2. The van der Waals surface area contributed by atoms with E-state index in [2.05, 4.69) is 26.0 Å². The van der Waals surface area contributed by atoms with E-state index < -0.39 is 20.0 Å². The van der Waals surface area contributed by atoms with Gasteiger partial charge < -0.3 is 20.0 Å². The molecule has 0 aliphatic heterocycles. The standard InChI is InChI=1S/C20H21N3O3S.C19H19N3O3S.Na.H/c1-5-23-19-12-16(26-3)10-11-17(19)18(13-21)20(23)14-6-8-15(9-7-14)22(2)27(4,24)25;1-4-22-18-11-15(25-2)9-10-16(18)17(12-20)19(22)13-5-7-14(8-6-13)21-26(3,23)24;;/h6-12H,5H2,1-4H3;5-11,21H,4H2,1-3H3;;/q;;+1;-1. The van der Waals surface area contributed by atoms with Gasteiger partial charge in [-0.3, -0.25) is 9.03 Å². The molecule has 276 valence electrons. The first kappa shape index (κ1) is 41.8. The summed E-state index contributed by atoms with van der Waals surface area (Å²) in [6, 6.07) is 30.1. The number of sulfonamides is 2. The SMILES string of the molecule is CCn1c(-c2ccc(N(C)S(C)(=O)=O)cc2)c(C#N)c2ccc(OC)cc21.CCn1c(-c2ccc(NS(C)(=O)=O)cc2)c(C#N)c2ccc(OC)cc21.[H-].[Na+]. The number of nitrogens with one attached hydrogen (secondary N) is 1. The van der Waals surface area contributed by atoms with Gasteiger partial charge in [0.2, 0.25) is 20.0 Å². The monoisotopic (exact) mass is 776 g/mol. The molecule has 6 aromatic rings. The molecule has 0 unspecified atom stereocenters. The number of nitrogens with zero attached hydrogens (tertiary/aromatic N) is 5. The molecule has 0 spiro atoms. The number of benzene rings is 4. The molecule has 0 bridgehead atoms. The second-order valence-electron chi connectivity index (χ2n) is 12.2. The Labute approximate surface area is 340 Å². The molecule has 15 heteroatoms. The molecule has 0 saturated heterocycles. The molecule has 4 aromatic carbocycles. The van der Waals surface area contributed by atoms with Gasteiger partial charge in [-0.05, 0) is 73.5 Å². The number of aromatic nitrogens is 2. The molecule has 0 fully saturated rings. The van der Waals surface area contributed by atoms with Crippen LogP contribution in [0.1, 0.15) is 26.4 Å². The molecule has 6 rings (SSSR count). The normalized spacial score (nSPS) is 11.1. The van der Waals surface area contributed by atoms with Crippen LogP contribution in [0.15, 0.2) is 84.9 Å². The van der Waals surface area contributed by atoms with E-state index in [1.807, 2.05) is 74.5 Å². The molecule has 12 nitrogen and oxygen atoms in total. The summed E-state index contributed by atoms with van der Waals surface area (Å²) in [5.41, 5.74) is 7.42. The largest absolute Gasteiger partial charge is 1.00 e. The summed E-state index contributed by atoms with van der Waals surface area (Å²) < 4.78 is 64.6. The van der Waals surface area contributed by atoms with Gasteiger partial charge in [0.25, 0.3) is 0 Å². The first-order valence-electron chi connectivity index (χ1n) is 16.5. The number of ether oxygens (including phenoxy) is 2. The molecule has 2 heterocycles. The molecule has 2 aromatic heterocycles. The van der Waals surface area contributed by atoms with Crippen LogP contribution in [0, 0.1) is 22.7 Å². The van der Waals surface area contributed by atoms with Crippen molar-refractivity contribution in [2.45, 2.75) is 26.9 Å². The Morgan fingerprint density at radius 1 is 0.704 bits per heavy atom. The Hall–Kier alpha value is -4.96. The average molecular weight is 777 g/mol. The molecule has 0 radical (unpaired) electrons. The van der Waals surface area contributed by atoms with Gasteiger partial charge in [0.05, 0.1) is 66.0 Å². The zero-order chi connectivity index (χ0) is 38.7. The van der Waals surface area contributed by atoms with E-state index in [0.717, 1.165) is 68.3 Å². The van der Waals surface area contributed by atoms with Crippen molar-refractivity contribution in [1.82, 2.24) is 9.13 Å². The summed E-state index contributed by atoms with van der Waals surface area (Å²) in [5.74, 6) is 1.46. The maximum atomic E-state index is 11.7. The first-order valence-corrected chi connectivity index (χ1v) is 20.3. The van der Waals surface area contributed by atoms with Crippen LogP contribution in [0.3, 0.4) is 0 Å². The van der Waals surface area contributed by atoms with Gasteiger partial charge in [-0.25, -0.2) is 16.8 Å². The quantitative estimate of drug-likeness (QED) is 0.202. The number of anilines is 2. The van der Waals surface area contributed by atoms with E-state index in [-0.39, 0.29) is 31.0 Å². The average Bonchev–Trinajstić information content (AvgIpc) is 3.64. The summed E-state index contributed by atoms with van der Waals surface area (Å²) >= 11 is 0. The van der Waals surface area contributed by atoms with Crippen molar-refractivity contribution < 1.29 is 57.3 Å². The van der Waals surface area contributed by atoms with Gasteiger partial charge >= 0.3 is 29.6 Å². The van der Waals surface area contributed by atoms with E-state index >= 15 is 0 Å². The van der Waals surface area contributed by atoms with Crippen LogP contribution in [0.25, 0.3) is 44.3 Å². The minimum atomic E-state index is -3.33. The first-order chi connectivity index (χ1) is 25.2. The van der Waals surface area contributed by atoms with Crippen molar-refractivity contribution in [1.29, 1.82) is 10.5 Å². The molecule has 0 aliphatic rings. The van der Waals surface area contributed by atoms with E-state index in [4.69, 9.17) is 9.47 Å². The summed E-state index contributed by atoms with van der Waals surface area (Å²) in [7, 11) is -1.92. The summed E-state index contributed by atoms with van der Waals surface area (Å²) in [4.78, 5) is 0. The van der Waals surface area contributed by atoms with E-state index in [1.54, 1.807) is 38.5 Å². The van der Waals surface area contributed by atoms with E-state index in [1.165, 1.54) is 11.4 Å². The van der Waals surface area contributed by atoms with Crippen LogP contribution in [0.4, 0.5) is 11.4 Å². The zero-order valence-corrected chi connectivity index (χ0v) is 35.1. The fourth-order valence-corrected chi connectivity index (χ4v) is 7.40. The number of rotatable bonds is 10. The minimum Gasteiger partial charge on any atom is -1.00 e. The fraction of sp³-hybridized carbons (Fsp3) is 0.231. The molecular weight excluding hydrogens is 736 g/mol. The summed E-state index contributed by atoms with van der Waals surface area (Å²) in [6.45, 7) is 5.41. The van der Waals surface area contributed by atoms with Crippen molar-refractivity contribution in [3.63, 3.8) is 0 Å². The molecule has 1 N–H and O–H groups in total. The molecule has 0 saturated carbocycles. The number of nitriles is 2. The Morgan fingerprint density at radius 2 is 1.11 bits per heavy atom. The van der Waals surface area contributed by atoms with Crippen molar-refractivity contribution in [2.75, 3.05) is 42.8 Å². The van der Waals surface area contributed by atoms with Gasteiger partial charge in [-0.1, -0.05) is 24.3 Å². The summed E-state index contributed by atoms with van der Waals surface area (Å²) in [5, 5.41) is 21.2. The van der Waals surface area contributed by atoms with Crippen molar-refractivity contribution in [3.8, 4) is 46.2 Å².